The molecule has 0 aliphatic heterocycles. The molecular formula is C10H12F2O. The molecule has 1 aromatic carbocycles. The largest absolute Gasteiger partial charge is 0.388 e. The van der Waals surface area contributed by atoms with Gasteiger partial charge in [0.2, 0.25) is 0 Å². The van der Waals surface area contributed by atoms with Crippen molar-refractivity contribution in [2.45, 2.75) is 26.4 Å². The average Bonchev–Trinajstić information content (AvgIpc) is 2.10. The first-order valence-corrected chi connectivity index (χ1v) is 4.19. The first-order valence-electron chi connectivity index (χ1n) is 4.19. The van der Waals surface area contributed by atoms with Gasteiger partial charge in [-0.15, -0.1) is 0 Å². The second-order valence-corrected chi connectivity index (χ2v) is 3.05. The number of rotatable bonds is 2. The average molecular weight is 186 g/mol. The van der Waals surface area contributed by atoms with Crippen LogP contribution in [0.25, 0.3) is 0 Å². The van der Waals surface area contributed by atoms with E-state index in [4.69, 9.17) is 0 Å². The van der Waals surface area contributed by atoms with Crippen molar-refractivity contribution in [2.75, 3.05) is 0 Å². The molecule has 0 saturated heterocycles. The topological polar surface area (TPSA) is 20.2 Å². The third kappa shape index (κ3) is 2.04. The van der Waals surface area contributed by atoms with E-state index in [-0.39, 0.29) is 11.1 Å². The molecule has 1 N–H and O–H groups in total. The number of aliphatic hydroxyl groups excluding tert-OH is 1. The van der Waals surface area contributed by atoms with Gasteiger partial charge >= 0.3 is 0 Å². The Bertz CT molecular complexity index is 310. The van der Waals surface area contributed by atoms with E-state index in [0.717, 1.165) is 12.1 Å². The Morgan fingerprint density at radius 2 is 1.92 bits per heavy atom. The zero-order chi connectivity index (χ0) is 10.0. The SMILES string of the molecule is CC[C@@H](O)c1cc(F)c(C)cc1F. The van der Waals surface area contributed by atoms with Gasteiger partial charge in [-0.2, -0.15) is 0 Å². The number of hydrogen-bond donors (Lipinski definition) is 1. The summed E-state index contributed by atoms with van der Waals surface area (Å²) in [4.78, 5) is 0. The molecule has 0 heterocycles. The van der Waals surface area contributed by atoms with Gasteiger partial charge in [0.25, 0.3) is 0 Å². The normalized spacial score (nSPS) is 13.0. The fourth-order valence-corrected chi connectivity index (χ4v) is 1.14. The summed E-state index contributed by atoms with van der Waals surface area (Å²) in [5.41, 5.74) is 0.287. The van der Waals surface area contributed by atoms with Crippen LogP contribution in [0.3, 0.4) is 0 Å². The summed E-state index contributed by atoms with van der Waals surface area (Å²) in [7, 11) is 0. The molecule has 0 aliphatic carbocycles. The maximum absolute atomic E-state index is 13.1. The molecule has 1 atom stereocenters. The van der Waals surface area contributed by atoms with Crippen LogP contribution >= 0.6 is 0 Å². The van der Waals surface area contributed by atoms with Crippen LogP contribution in [0.4, 0.5) is 8.78 Å². The molecule has 0 amide bonds. The third-order valence-electron chi connectivity index (χ3n) is 2.02. The number of benzene rings is 1. The van der Waals surface area contributed by atoms with Crippen molar-refractivity contribution in [2.24, 2.45) is 0 Å². The van der Waals surface area contributed by atoms with Gasteiger partial charge in [-0.1, -0.05) is 6.92 Å². The van der Waals surface area contributed by atoms with Gasteiger partial charge in [-0.3, -0.25) is 0 Å². The Hall–Kier alpha value is -0.960. The summed E-state index contributed by atoms with van der Waals surface area (Å²) < 4.78 is 26.1. The first-order chi connectivity index (χ1) is 6.06. The highest BCUT2D eigenvalue weighted by atomic mass is 19.1. The molecule has 0 aromatic heterocycles. The van der Waals surface area contributed by atoms with Crippen LogP contribution in [0.15, 0.2) is 12.1 Å². The number of halogens is 2. The van der Waals surface area contributed by atoms with E-state index in [1.165, 1.54) is 6.92 Å². The van der Waals surface area contributed by atoms with E-state index < -0.39 is 17.7 Å². The zero-order valence-electron chi connectivity index (χ0n) is 7.64. The molecule has 0 spiro atoms. The Morgan fingerprint density at radius 1 is 1.31 bits per heavy atom. The number of hydrogen-bond acceptors (Lipinski definition) is 1. The van der Waals surface area contributed by atoms with E-state index in [1.54, 1.807) is 6.92 Å². The van der Waals surface area contributed by atoms with E-state index in [0.29, 0.717) is 6.42 Å². The highest BCUT2D eigenvalue weighted by Crippen LogP contribution is 2.22. The van der Waals surface area contributed by atoms with Crippen LogP contribution in [0, 0.1) is 18.6 Å². The minimum atomic E-state index is -0.921. The molecule has 1 nitrogen and oxygen atoms in total. The van der Waals surface area contributed by atoms with Crippen molar-refractivity contribution < 1.29 is 13.9 Å². The van der Waals surface area contributed by atoms with Crippen molar-refractivity contribution in [3.05, 3.63) is 34.9 Å². The van der Waals surface area contributed by atoms with Crippen molar-refractivity contribution in [3.8, 4) is 0 Å². The molecule has 0 unspecified atom stereocenters. The molecule has 3 heteroatoms. The molecule has 1 rings (SSSR count). The maximum atomic E-state index is 13.1. The zero-order valence-corrected chi connectivity index (χ0v) is 7.64. The van der Waals surface area contributed by atoms with Gasteiger partial charge in [-0.05, 0) is 31.0 Å². The van der Waals surface area contributed by atoms with Crippen LogP contribution in [-0.4, -0.2) is 5.11 Å². The molecule has 13 heavy (non-hydrogen) atoms. The minimum absolute atomic E-state index is 0.0330. The second kappa shape index (κ2) is 3.83. The lowest BCUT2D eigenvalue weighted by molar-refractivity contribution is 0.168. The monoisotopic (exact) mass is 186 g/mol. The lowest BCUT2D eigenvalue weighted by atomic mass is 10.0. The molecule has 0 aliphatic rings. The molecular weight excluding hydrogens is 174 g/mol. The number of aryl methyl sites for hydroxylation is 1. The highest BCUT2D eigenvalue weighted by molar-refractivity contribution is 5.26. The van der Waals surface area contributed by atoms with Crippen LogP contribution < -0.4 is 0 Å². The smallest absolute Gasteiger partial charge is 0.129 e. The number of aliphatic hydroxyl groups is 1. The van der Waals surface area contributed by atoms with Gasteiger partial charge < -0.3 is 5.11 Å². The van der Waals surface area contributed by atoms with Crippen molar-refractivity contribution in [1.29, 1.82) is 0 Å². The predicted octanol–water partition coefficient (Wildman–Crippen LogP) is 2.72. The van der Waals surface area contributed by atoms with Crippen molar-refractivity contribution >= 4 is 0 Å². The van der Waals surface area contributed by atoms with Gasteiger partial charge in [0, 0.05) is 5.56 Å². The molecule has 0 saturated carbocycles. The fraction of sp³-hybridized carbons (Fsp3) is 0.400. The summed E-state index contributed by atoms with van der Waals surface area (Å²) in [6.45, 7) is 3.20. The Kier molecular flexibility index (Phi) is 2.98. The first kappa shape index (κ1) is 10.1. The Labute approximate surface area is 76.0 Å². The second-order valence-electron chi connectivity index (χ2n) is 3.05. The predicted molar refractivity (Wildman–Crippen MR) is 46.3 cm³/mol. The lowest BCUT2D eigenvalue weighted by Crippen LogP contribution is -2.01. The fourth-order valence-electron chi connectivity index (χ4n) is 1.14. The third-order valence-corrected chi connectivity index (χ3v) is 2.02. The highest BCUT2D eigenvalue weighted by Gasteiger charge is 2.13. The molecule has 1 aromatic rings. The summed E-state index contributed by atoms with van der Waals surface area (Å²) in [6.07, 6.45) is -0.547. The van der Waals surface area contributed by atoms with Crippen LogP contribution in [0.1, 0.15) is 30.6 Å². The molecule has 72 valence electrons. The summed E-state index contributed by atoms with van der Waals surface area (Å²) in [5, 5.41) is 9.32. The Morgan fingerprint density at radius 3 is 2.46 bits per heavy atom. The van der Waals surface area contributed by atoms with Crippen LogP contribution in [-0.2, 0) is 0 Å². The summed E-state index contributed by atoms with van der Waals surface area (Å²) >= 11 is 0. The molecule has 0 bridgehead atoms. The van der Waals surface area contributed by atoms with Gasteiger partial charge in [0.15, 0.2) is 0 Å². The Balaban J connectivity index is 3.15. The summed E-state index contributed by atoms with van der Waals surface area (Å²) in [5.74, 6) is -1.03. The minimum Gasteiger partial charge on any atom is -0.388 e. The summed E-state index contributed by atoms with van der Waals surface area (Å²) in [6, 6.07) is 2.16. The van der Waals surface area contributed by atoms with Gasteiger partial charge in [-0.25, -0.2) is 8.78 Å². The van der Waals surface area contributed by atoms with Gasteiger partial charge in [0.05, 0.1) is 6.10 Å². The quantitative estimate of drug-likeness (QED) is 0.752. The van der Waals surface area contributed by atoms with Crippen LogP contribution in [0.5, 0.6) is 0 Å². The van der Waals surface area contributed by atoms with Crippen molar-refractivity contribution in [1.82, 2.24) is 0 Å². The van der Waals surface area contributed by atoms with E-state index in [9.17, 15) is 13.9 Å². The molecule has 0 fully saturated rings. The maximum Gasteiger partial charge on any atom is 0.129 e. The van der Waals surface area contributed by atoms with E-state index in [2.05, 4.69) is 0 Å². The molecule has 0 radical (unpaired) electrons. The van der Waals surface area contributed by atoms with Crippen molar-refractivity contribution in [3.63, 3.8) is 0 Å². The van der Waals surface area contributed by atoms with E-state index >= 15 is 0 Å². The lowest BCUT2D eigenvalue weighted by Gasteiger charge is -2.10. The van der Waals surface area contributed by atoms with E-state index in [1.807, 2.05) is 0 Å². The van der Waals surface area contributed by atoms with Crippen LogP contribution in [0.2, 0.25) is 0 Å². The standard InChI is InChI=1S/C10H12F2O/c1-3-10(13)7-5-8(11)6(2)4-9(7)12/h4-5,10,13H,3H2,1-2H3/t10-/m1/s1. The van der Waals surface area contributed by atoms with Gasteiger partial charge in [0.1, 0.15) is 11.6 Å².